The fourth-order valence-electron chi connectivity index (χ4n) is 2.70. The molecule has 2 aromatic rings. The minimum Gasteiger partial charge on any atom is -0.496 e. The third-order valence-corrected chi connectivity index (χ3v) is 4.24. The molecule has 0 fully saturated rings. The van der Waals surface area contributed by atoms with Gasteiger partial charge >= 0.3 is 5.97 Å². The first-order valence-corrected chi connectivity index (χ1v) is 8.82. The third kappa shape index (κ3) is 5.74. The van der Waals surface area contributed by atoms with Crippen LogP contribution in [-0.2, 0) is 11.2 Å². The van der Waals surface area contributed by atoms with E-state index < -0.39 is 11.9 Å². The maximum absolute atomic E-state index is 12.3. The van der Waals surface area contributed by atoms with Crippen LogP contribution in [0.1, 0.15) is 28.4 Å². The summed E-state index contributed by atoms with van der Waals surface area (Å²) in [5.41, 5.74) is 2.23. The molecule has 1 amide bonds. The predicted octanol–water partition coefficient (Wildman–Crippen LogP) is 3.08. The molecule has 1 unspecified atom stereocenters. The maximum Gasteiger partial charge on any atom is 0.308 e. The summed E-state index contributed by atoms with van der Waals surface area (Å²) in [6.45, 7) is 4.41. The molecule has 0 aliphatic carbocycles. The van der Waals surface area contributed by atoms with Gasteiger partial charge in [-0.3, -0.25) is 9.59 Å². The Kier molecular flexibility index (Phi) is 7.23. The molecule has 0 spiro atoms. The van der Waals surface area contributed by atoms with Gasteiger partial charge in [0.05, 0.1) is 19.6 Å². The van der Waals surface area contributed by atoms with Gasteiger partial charge in [0.15, 0.2) is 0 Å². The lowest BCUT2D eigenvalue weighted by atomic mass is 9.99. The van der Waals surface area contributed by atoms with Crippen molar-refractivity contribution < 1.29 is 24.2 Å². The lowest BCUT2D eigenvalue weighted by Gasteiger charge is -2.14. The molecule has 6 nitrogen and oxygen atoms in total. The number of aliphatic carboxylic acids is 1. The fraction of sp³-hybridized carbons (Fsp3) is 0.333. The first-order chi connectivity index (χ1) is 12.9. The molecule has 0 aliphatic rings. The van der Waals surface area contributed by atoms with Gasteiger partial charge in [-0.25, -0.2) is 0 Å². The van der Waals surface area contributed by atoms with E-state index >= 15 is 0 Å². The molecule has 0 aromatic heterocycles. The minimum absolute atomic E-state index is 0.0393. The summed E-state index contributed by atoms with van der Waals surface area (Å²) in [6.07, 6.45) is 0.319. The van der Waals surface area contributed by atoms with Crippen LogP contribution in [0.25, 0.3) is 0 Å². The Morgan fingerprint density at radius 2 is 1.85 bits per heavy atom. The first-order valence-electron chi connectivity index (χ1n) is 8.82. The maximum atomic E-state index is 12.3. The number of benzene rings is 2. The van der Waals surface area contributed by atoms with Crippen molar-refractivity contribution in [2.45, 2.75) is 20.3 Å². The largest absolute Gasteiger partial charge is 0.496 e. The Bertz CT molecular complexity index is 786. The number of carbonyl (C=O) groups excluding carboxylic acids is 1. The molecule has 2 rings (SSSR count). The molecular weight excluding hydrogens is 346 g/mol. The molecule has 0 saturated heterocycles. The van der Waals surface area contributed by atoms with Gasteiger partial charge in [-0.2, -0.15) is 0 Å². The molecular formula is C21H25NO5. The number of carboxylic acids is 1. The minimum atomic E-state index is -0.953. The number of nitrogens with one attached hydrogen (secondary N) is 1. The van der Waals surface area contributed by atoms with Crippen LogP contribution in [0.15, 0.2) is 42.5 Å². The van der Waals surface area contributed by atoms with E-state index in [1.54, 1.807) is 25.3 Å². The average Bonchev–Trinajstić information content (AvgIpc) is 2.66. The number of aryl methyl sites for hydroxylation is 1. The molecule has 0 aliphatic heterocycles. The second kappa shape index (κ2) is 9.62. The van der Waals surface area contributed by atoms with Gasteiger partial charge in [0.25, 0.3) is 5.91 Å². The van der Waals surface area contributed by atoms with Gasteiger partial charge in [0.2, 0.25) is 0 Å². The molecule has 2 N–H and O–H groups in total. The predicted molar refractivity (Wildman–Crippen MR) is 103 cm³/mol. The van der Waals surface area contributed by atoms with Crippen molar-refractivity contribution in [2.24, 2.45) is 5.92 Å². The van der Waals surface area contributed by atoms with E-state index in [-0.39, 0.29) is 12.5 Å². The molecule has 0 heterocycles. The molecule has 6 heteroatoms. The second-order valence-electron chi connectivity index (χ2n) is 6.21. The second-order valence-corrected chi connectivity index (χ2v) is 6.21. The number of hydrogen-bond acceptors (Lipinski definition) is 4. The Balaban J connectivity index is 1.99. The van der Waals surface area contributed by atoms with Gasteiger partial charge in [-0.1, -0.05) is 18.2 Å². The number of methoxy groups -OCH3 is 1. The standard InChI is InChI=1S/C21H25NO5/c1-4-27-18-9-6-15(7-10-18)11-17(21(24)25)13-22-20(23)16-8-5-14(2)19(12-16)26-3/h5-10,12,17H,4,11,13H2,1-3H3,(H,22,23)(H,24,25). The van der Waals surface area contributed by atoms with E-state index in [4.69, 9.17) is 9.47 Å². The van der Waals surface area contributed by atoms with Crippen LogP contribution in [0.5, 0.6) is 11.5 Å². The molecule has 1 atom stereocenters. The van der Waals surface area contributed by atoms with Crippen LogP contribution in [-0.4, -0.2) is 37.2 Å². The van der Waals surface area contributed by atoms with E-state index in [0.717, 1.165) is 16.9 Å². The SMILES string of the molecule is CCOc1ccc(CC(CNC(=O)c2ccc(C)c(OC)c2)C(=O)O)cc1. The average molecular weight is 371 g/mol. The van der Waals surface area contributed by atoms with Crippen LogP contribution in [0.2, 0.25) is 0 Å². The van der Waals surface area contributed by atoms with E-state index in [1.807, 2.05) is 38.1 Å². The summed E-state index contributed by atoms with van der Waals surface area (Å²) in [4.78, 5) is 23.9. The molecule has 2 aromatic carbocycles. The normalized spacial score (nSPS) is 11.5. The zero-order chi connectivity index (χ0) is 19.8. The number of ether oxygens (including phenoxy) is 2. The van der Waals surface area contributed by atoms with Gasteiger partial charge in [0, 0.05) is 12.1 Å². The molecule has 144 valence electrons. The number of carboxylic acid groups (broad SMARTS) is 1. The van der Waals surface area contributed by atoms with Crippen molar-refractivity contribution in [3.05, 3.63) is 59.2 Å². The topological polar surface area (TPSA) is 84.9 Å². The number of hydrogen-bond donors (Lipinski definition) is 2. The summed E-state index contributed by atoms with van der Waals surface area (Å²) in [5.74, 6) is -0.641. The highest BCUT2D eigenvalue weighted by Gasteiger charge is 2.20. The molecule has 0 bridgehead atoms. The smallest absolute Gasteiger partial charge is 0.308 e. The quantitative estimate of drug-likeness (QED) is 0.708. The number of carbonyl (C=O) groups is 2. The van der Waals surface area contributed by atoms with Gasteiger partial charge < -0.3 is 19.9 Å². The van der Waals surface area contributed by atoms with Crippen LogP contribution >= 0.6 is 0 Å². The summed E-state index contributed by atoms with van der Waals surface area (Å²) in [6, 6.07) is 12.4. The Hall–Kier alpha value is -3.02. The van der Waals surface area contributed by atoms with Crippen molar-refractivity contribution in [1.82, 2.24) is 5.32 Å². The molecule has 27 heavy (non-hydrogen) atoms. The molecule has 0 radical (unpaired) electrons. The Morgan fingerprint density at radius 3 is 2.44 bits per heavy atom. The third-order valence-electron chi connectivity index (χ3n) is 4.24. The van der Waals surface area contributed by atoms with E-state index in [2.05, 4.69) is 5.32 Å². The van der Waals surface area contributed by atoms with E-state index in [1.165, 1.54) is 0 Å². The molecule has 0 saturated carbocycles. The zero-order valence-electron chi connectivity index (χ0n) is 15.8. The van der Waals surface area contributed by atoms with Gasteiger partial charge in [-0.15, -0.1) is 0 Å². The lowest BCUT2D eigenvalue weighted by Crippen LogP contribution is -2.34. The van der Waals surface area contributed by atoms with Crippen LogP contribution < -0.4 is 14.8 Å². The first kappa shape index (κ1) is 20.3. The van der Waals surface area contributed by atoms with Gasteiger partial charge in [0.1, 0.15) is 11.5 Å². The highest BCUT2D eigenvalue weighted by molar-refractivity contribution is 5.95. The summed E-state index contributed by atoms with van der Waals surface area (Å²) >= 11 is 0. The summed E-state index contributed by atoms with van der Waals surface area (Å²) < 4.78 is 10.6. The monoisotopic (exact) mass is 371 g/mol. The Labute approximate surface area is 159 Å². The Morgan fingerprint density at radius 1 is 1.15 bits per heavy atom. The van der Waals surface area contributed by atoms with Gasteiger partial charge in [-0.05, 0) is 55.7 Å². The lowest BCUT2D eigenvalue weighted by molar-refractivity contribution is -0.141. The van der Waals surface area contributed by atoms with Crippen LogP contribution in [0.4, 0.5) is 0 Å². The van der Waals surface area contributed by atoms with Crippen molar-refractivity contribution in [3.8, 4) is 11.5 Å². The van der Waals surface area contributed by atoms with Crippen molar-refractivity contribution in [2.75, 3.05) is 20.3 Å². The number of amides is 1. The van der Waals surface area contributed by atoms with E-state index in [0.29, 0.717) is 24.3 Å². The van der Waals surface area contributed by atoms with Crippen molar-refractivity contribution >= 4 is 11.9 Å². The van der Waals surface area contributed by atoms with Crippen LogP contribution in [0.3, 0.4) is 0 Å². The highest BCUT2D eigenvalue weighted by atomic mass is 16.5. The summed E-state index contributed by atoms with van der Waals surface area (Å²) in [5, 5.41) is 12.2. The van der Waals surface area contributed by atoms with Crippen molar-refractivity contribution in [1.29, 1.82) is 0 Å². The van der Waals surface area contributed by atoms with Crippen LogP contribution in [0, 0.1) is 12.8 Å². The summed E-state index contributed by atoms with van der Waals surface area (Å²) in [7, 11) is 1.54. The number of rotatable bonds is 9. The fourth-order valence-corrected chi connectivity index (χ4v) is 2.70. The van der Waals surface area contributed by atoms with Crippen molar-refractivity contribution in [3.63, 3.8) is 0 Å². The zero-order valence-corrected chi connectivity index (χ0v) is 15.8. The van der Waals surface area contributed by atoms with E-state index in [9.17, 15) is 14.7 Å². The highest BCUT2D eigenvalue weighted by Crippen LogP contribution is 2.19.